The summed E-state index contributed by atoms with van der Waals surface area (Å²) in [5.41, 5.74) is -0.0626. The Morgan fingerprint density at radius 1 is 1.08 bits per heavy atom. The zero-order valence-electron chi connectivity index (χ0n) is 14.5. The van der Waals surface area contributed by atoms with Gasteiger partial charge < -0.3 is 0 Å². The van der Waals surface area contributed by atoms with Crippen LogP contribution in [0.25, 0.3) is 0 Å². The molecule has 2 aliphatic rings. The molecule has 1 aromatic heterocycles. The molecule has 26 heavy (non-hydrogen) atoms. The summed E-state index contributed by atoms with van der Waals surface area (Å²) in [4.78, 5) is 12.6. The van der Waals surface area contributed by atoms with Crippen LogP contribution in [-0.4, -0.2) is 40.2 Å². The van der Waals surface area contributed by atoms with Crippen molar-refractivity contribution >= 4 is 26.0 Å². The average Bonchev–Trinajstić information content (AvgIpc) is 3.42. The van der Waals surface area contributed by atoms with E-state index in [2.05, 4.69) is 21.0 Å². The molecule has 2 fully saturated rings. The Morgan fingerprint density at radius 2 is 1.69 bits per heavy atom. The highest BCUT2D eigenvalue weighted by molar-refractivity contribution is 9.10. The van der Waals surface area contributed by atoms with Crippen LogP contribution in [0.3, 0.4) is 0 Å². The number of rotatable bonds is 4. The molecule has 2 heterocycles. The molecule has 1 saturated heterocycles. The van der Waals surface area contributed by atoms with Crippen LogP contribution in [-0.2, 0) is 17.1 Å². The normalized spacial score (nSPS) is 19.8. The maximum Gasteiger partial charge on any atom is 0.345 e. The minimum absolute atomic E-state index is 0.0626. The van der Waals surface area contributed by atoms with Gasteiger partial charge in [-0.15, -0.1) is 0 Å². The Bertz CT molecular complexity index is 968. The highest BCUT2D eigenvalue weighted by Gasteiger charge is 2.35. The summed E-state index contributed by atoms with van der Waals surface area (Å²) in [6, 6.07) is 6.99. The van der Waals surface area contributed by atoms with Gasteiger partial charge in [-0.05, 0) is 49.9 Å². The highest BCUT2D eigenvalue weighted by Crippen LogP contribution is 2.38. The third kappa shape index (κ3) is 3.16. The van der Waals surface area contributed by atoms with E-state index in [1.165, 1.54) is 8.99 Å². The van der Waals surface area contributed by atoms with E-state index in [-0.39, 0.29) is 17.6 Å². The van der Waals surface area contributed by atoms with Crippen LogP contribution in [0, 0.1) is 0 Å². The lowest BCUT2D eigenvalue weighted by molar-refractivity contribution is 0.308. The predicted molar refractivity (Wildman–Crippen MR) is 101 cm³/mol. The first-order valence-electron chi connectivity index (χ1n) is 8.79. The van der Waals surface area contributed by atoms with Gasteiger partial charge in [0.15, 0.2) is 0 Å². The quantitative estimate of drug-likeness (QED) is 0.730. The lowest BCUT2D eigenvalue weighted by Gasteiger charge is -2.30. The maximum atomic E-state index is 12.8. The Labute approximate surface area is 160 Å². The maximum absolute atomic E-state index is 12.8. The first-order chi connectivity index (χ1) is 12.4. The van der Waals surface area contributed by atoms with Crippen LogP contribution in [0.4, 0.5) is 0 Å². The molecule has 0 radical (unpaired) electrons. The van der Waals surface area contributed by atoms with Crippen molar-refractivity contribution in [2.45, 2.75) is 42.5 Å². The van der Waals surface area contributed by atoms with Gasteiger partial charge in [0, 0.05) is 36.6 Å². The molecule has 1 saturated carbocycles. The molecule has 1 aromatic carbocycles. The standard InChI is InChI=1S/C17H21BrN4O3S/c1-20-17(23)22(14-4-5-14)16(19-20)12-8-10-21(11-9-12)26(24,25)15-6-2-13(18)3-7-15/h2-3,6-7,12,14H,4-5,8-11H2,1H3. The molecule has 0 N–H and O–H groups in total. The fraction of sp³-hybridized carbons (Fsp3) is 0.529. The van der Waals surface area contributed by atoms with Crippen molar-refractivity contribution in [1.29, 1.82) is 0 Å². The zero-order valence-corrected chi connectivity index (χ0v) is 16.9. The van der Waals surface area contributed by atoms with Crippen LogP contribution in [0.2, 0.25) is 0 Å². The van der Waals surface area contributed by atoms with Gasteiger partial charge in [0.2, 0.25) is 10.0 Å². The number of hydrogen-bond acceptors (Lipinski definition) is 4. The molecule has 2 aromatic rings. The van der Waals surface area contributed by atoms with E-state index in [1.807, 2.05) is 4.57 Å². The molecule has 0 atom stereocenters. The van der Waals surface area contributed by atoms with Gasteiger partial charge in [-0.25, -0.2) is 17.9 Å². The molecule has 0 unspecified atom stereocenters. The van der Waals surface area contributed by atoms with E-state index < -0.39 is 10.0 Å². The number of aromatic nitrogens is 3. The molecule has 1 aliphatic carbocycles. The van der Waals surface area contributed by atoms with Crippen molar-refractivity contribution in [2.75, 3.05) is 13.1 Å². The second-order valence-corrected chi connectivity index (χ2v) is 9.85. The van der Waals surface area contributed by atoms with Gasteiger partial charge in [-0.2, -0.15) is 9.40 Å². The summed E-state index contributed by atoms with van der Waals surface area (Å²) in [7, 11) is -1.80. The van der Waals surface area contributed by atoms with Crippen LogP contribution in [0.1, 0.15) is 43.5 Å². The number of sulfonamides is 1. The molecule has 140 valence electrons. The third-order valence-electron chi connectivity index (χ3n) is 5.16. The van der Waals surface area contributed by atoms with E-state index in [1.54, 1.807) is 31.3 Å². The number of aryl methyl sites for hydroxylation is 1. The van der Waals surface area contributed by atoms with Crippen LogP contribution in [0.15, 0.2) is 38.4 Å². The van der Waals surface area contributed by atoms with Gasteiger partial charge >= 0.3 is 5.69 Å². The predicted octanol–water partition coefficient (Wildman–Crippen LogP) is 2.25. The minimum atomic E-state index is -3.48. The Kier molecular flexibility index (Phi) is 4.56. The van der Waals surface area contributed by atoms with Gasteiger partial charge in [0.1, 0.15) is 5.82 Å². The summed E-state index contributed by atoms with van der Waals surface area (Å²) < 4.78 is 31.3. The highest BCUT2D eigenvalue weighted by atomic mass is 79.9. The first kappa shape index (κ1) is 17.9. The van der Waals surface area contributed by atoms with E-state index in [4.69, 9.17) is 0 Å². The Balaban J connectivity index is 1.52. The Morgan fingerprint density at radius 3 is 2.27 bits per heavy atom. The van der Waals surface area contributed by atoms with Gasteiger partial charge in [0.05, 0.1) is 4.90 Å². The number of nitrogens with zero attached hydrogens (tertiary/aromatic N) is 4. The van der Waals surface area contributed by atoms with Gasteiger partial charge in [-0.3, -0.25) is 4.57 Å². The monoisotopic (exact) mass is 440 g/mol. The van der Waals surface area contributed by atoms with E-state index in [9.17, 15) is 13.2 Å². The number of benzene rings is 1. The average molecular weight is 441 g/mol. The van der Waals surface area contributed by atoms with Crippen molar-refractivity contribution in [2.24, 2.45) is 7.05 Å². The lowest BCUT2D eigenvalue weighted by atomic mass is 9.97. The van der Waals surface area contributed by atoms with Crippen molar-refractivity contribution in [3.8, 4) is 0 Å². The smallest absolute Gasteiger partial charge is 0.276 e. The second kappa shape index (κ2) is 6.61. The molecule has 4 rings (SSSR count). The molecule has 7 nitrogen and oxygen atoms in total. The fourth-order valence-electron chi connectivity index (χ4n) is 3.56. The number of halogens is 1. The fourth-order valence-corrected chi connectivity index (χ4v) is 5.30. The third-order valence-corrected chi connectivity index (χ3v) is 7.61. The molecule has 0 amide bonds. The van der Waals surface area contributed by atoms with Crippen LogP contribution >= 0.6 is 15.9 Å². The second-order valence-electron chi connectivity index (χ2n) is 7.00. The van der Waals surface area contributed by atoms with Crippen molar-refractivity contribution in [3.63, 3.8) is 0 Å². The lowest BCUT2D eigenvalue weighted by Crippen LogP contribution is -2.38. The molecular formula is C17H21BrN4O3S. The molecule has 1 aliphatic heterocycles. The summed E-state index contributed by atoms with van der Waals surface area (Å²) in [6.45, 7) is 0.886. The molecular weight excluding hydrogens is 420 g/mol. The minimum Gasteiger partial charge on any atom is -0.276 e. The van der Waals surface area contributed by atoms with E-state index in [0.717, 1.165) is 23.1 Å². The first-order valence-corrected chi connectivity index (χ1v) is 11.0. The molecule has 9 heteroatoms. The molecule has 0 bridgehead atoms. The summed E-state index contributed by atoms with van der Waals surface area (Å²) in [5.74, 6) is 0.946. The van der Waals surface area contributed by atoms with Gasteiger partial charge in [0.25, 0.3) is 0 Å². The van der Waals surface area contributed by atoms with E-state index >= 15 is 0 Å². The molecule has 0 spiro atoms. The number of hydrogen-bond donors (Lipinski definition) is 0. The van der Waals surface area contributed by atoms with Crippen molar-refractivity contribution in [1.82, 2.24) is 18.7 Å². The van der Waals surface area contributed by atoms with Crippen LogP contribution < -0.4 is 5.69 Å². The van der Waals surface area contributed by atoms with E-state index in [0.29, 0.717) is 30.8 Å². The largest absolute Gasteiger partial charge is 0.345 e. The SMILES string of the molecule is Cn1nc(C2CCN(S(=O)(=O)c3ccc(Br)cc3)CC2)n(C2CC2)c1=O. The van der Waals surface area contributed by atoms with Crippen LogP contribution in [0.5, 0.6) is 0 Å². The van der Waals surface area contributed by atoms with Crippen molar-refractivity contribution in [3.05, 3.63) is 45.0 Å². The van der Waals surface area contributed by atoms with Crippen molar-refractivity contribution < 1.29 is 8.42 Å². The Hall–Kier alpha value is -1.45. The van der Waals surface area contributed by atoms with Gasteiger partial charge in [-0.1, -0.05) is 15.9 Å². The summed E-state index contributed by atoms with van der Waals surface area (Å²) >= 11 is 3.33. The summed E-state index contributed by atoms with van der Waals surface area (Å²) in [5, 5.41) is 4.44. The topological polar surface area (TPSA) is 77.2 Å². The zero-order chi connectivity index (χ0) is 18.5. The summed E-state index contributed by atoms with van der Waals surface area (Å²) in [6.07, 6.45) is 3.41. The number of piperidine rings is 1.